The van der Waals surface area contributed by atoms with Gasteiger partial charge in [0.25, 0.3) is 0 Å². The highest BCUT2D eigenvalue weighted by atomic mass is 32.2. The third-order valence-corrected chi connectivity index (χ3v) is 4.45. The van der Waals surface area contributed by atoms with E-state index in [4.69, 9.17) is 0 Å². The maximum atomic E-state index is 14.8. The summed E-state index contributed by atoms with van der Waals surface area (Å²) in [5.41, 5.74) is -0.718. The van der Waals surface area contributed by atoms with Crippen molar-refractivity contribution < 1.29 is 9.50 Å². The molecule has 1 aliphatic heterocycles. The van der Waals surface area contributed by atoms with E-state index in [2.05, 4.69) is 0 Å². The van der Waals surface area contributed by atoms with Crippen molar-refractivity contribution in [2.75, 3.05) is 11.5 Å². The fourth-order valence-electron chi connectivity index (χ4n) is 2.29. The van der Waals surface area contributed by atoms with Crippen molar-refractivity contribution in [1.82, 2.24) is 0 Å². The lowest BCUT2D eigenvalue weighted by Crippen LogP contribution is -2.30. The Morgan fingerprint density at radius 2 is 2.06 bits per heavy atom. The normalized spacial score (nSPS) is 21.6. The summed E-state index contributed by atoms with van der Waals surface area (Å²) in [4.78, 5) is 0. The van der Waals surface area contributed by atoms with Gasteiger partial charge in [-0.15, -0.1) is 0 Å². The molecule has 3 heteroatoms. The number of phenols is 1. The van der Waals surface area contributed by atoms with Crippen molar-refractivity contribution >= 4 is 11.8 Å². The van der Waals surface area contributed by atoms with E-state index in [-0.39, 0.29) is 11.7 Å². The van der Waals surface area contributed by atoms with Crippen LogP contribution in [0, 0.1) is 5.92 Å². The van der Waals surface area contributed by atoms with Crippen LogP contribution in [0.25, 0.3) is 0 Å². The highest BCUT2D eigenvalue weighted by molar-refractivity contribution is 7.99. The highest BCUT2D eigenvalue weighted by Crippen LogP contribution is 2.41. The number of hydrogen-bond donors (Lipinski definition) is 1. The molecule has 1 nitrogen and oxygen atoms in total. The first kappa shape index (κ1) is 11.8. The molecule has 0 aliphatic carbocycles. The van der Waals surface area contributed by atoms with Crippen LogP contribution >= 0.6 is 11.8 Å². The Kier molecular flexibility index (Phi) is 3.43. The largest absolute Gasteiger partial charge is 0.508 e. The minimum atomic E-state index is -1.32. The standard InChI is InChI=1S/C13H17FOS/c1-13(14,10-5-7-16-8-6-10)11-3-2-4-12(15)9-11/h2-4,9-10,15H,5-8H2,1H3. The van der Waals surface area contributed by atoms with Crippen LogP contribution in [0.5, 0.6) is 5.75 Å². The van der Waals surface area contributed by atoms with E-state index >= 15 is 0 Å². The maximum Gasteiger partial charge on any atom is 0.136 e. The van der Waals surface area contributed by atoms with Crippen molar-refractivity contribution in [2.45, 2.75) is 25.4 Å². The van der Waals surface area contributed by atoms with E-state index in [9.17, 15) is 9.50 Å². The highest BCUT2D eigenvalue weighted by Gasteiger charge is 2.36. The average Bonchev–Trinajstić information content (AvgIpc) is 2.30. The summed E-state index contributed by atoms with van der Waals surface area (Å²) in [7, 11) is 0. The van der Waals surface area contributed by atoms with Crippen LogP contribution in [0.15, 0.2) is 24.3 Å². The fraction of sp³-hybridized carbons (Fsp3) is 0.538. The lowest BCUT2D eigenvalue weighted by molar-refractivity contribution is 0.0934. The van der Waals surface area contributed by atoms with Crippen LogP contribution < -0.4 is 0 Å². The molecule has 1 aliphatic rings. The Morgan fingerprint density at radius 3 is 2.69 bits per heavy atom. The number of thioether (sulfide) groups is 1. The van der Waals surface area contributed by atoms with Crippen molar-refractivity contribution in [3.05, 3.63) is 29.8 Å². The zero-order chi connectivity index (χ0) is 11.6. The SMILES string of the molecule is CC(F)(c1cccc(O)c1)C1CCSCC1. The Labute approximate surface area is 100 Å². The number of alkyl halides is 1. The topological polar surface area (TPSA) is 20.2 Å². The third-order valence-electron chi connectivity index (χ3n) is 3.40. The van der Waals surface area contributed by atoms with E-state index < -0.39 is 5.67 Å². The Balaban J connectivity index is 2.22. The summed E-state index contributed by atoms with van der Waals surface area (Å²) in [6, 6.07) is 6.60. The monoisotopic (exact) mass is 240 g/mol. The second-order valence-electron chi connectivity index (χ2n) is 4.51. The van der Waals surface area contributed by atoms with Gasteiger partial charge >= 0.3 is 0 Å². The van der Waals surface area contributed by atoms with E-state index in [0.29, 0.717) is 5.56 Å². The number of aromatic hydroxyl groups is 1. The lowest BCUT2D eigenvalue weighted by atomic mass is 9.81. The van der Waals surface area contributed by atoms with Gasteiger partial charge in [0.1, 0.15) is 11.4 Å². The number of rotatable bonds is 2. The molecule has 0 bridgehead atoms. The molecule has 1 aromatic carbocycles. The van der Waals surface area contributed by atoms with Gasteiger partial charge < -0.3 is 5.11 Å². The van der Waals surface area contributed by atoms with Gasteiger partial charge in [-0.1, -0.05) is 12.1 Å². The molecule has 88 valence electrons. The molecule has 1 unspecified atom stereocenters. The molecule has 1 fully saturated rings. The lowest BCUT2D eigenvalue weighted by Gasteiger charge is -2.33. The zero-order valence-electron chi connectivity index (χ0n) is 9.45. The minimum Gasteiger partial charge on any atom is -0.508 e. The molecule has 2 rings (SSSR count). The van der Waals surface area contributed by atoms with Crippen LogP contribution in [0.2, 0.25) is 0 Å². The Morgan fingerprint density at radius 1 is 1.38 bits per heavy atom. The van der Waals surface area contributed by atoms with E-state index in [1.54, 1.807) is 31.2 Å². The van der Waals surface area contributed by atoms with Crippen molar-refractivity contribution in [3.63, 3.8) is 0 Å². The number of halogens is 1. The fourth-order valence-corrected chi connectivity index (χ4v) is 3.39. The van der Waals surface area contributed by atoms with Gasteiger partial charge in [0.05, 0.1) is 0 Å². The van der Waals surface area contributed by atoms with Crippen LogP contribution in [0.4, 0.5) is 4.39 Å². The van der Waals surface area contributed by atoms with Crippen LogP contribution in [-0.2, 0) is 5.67 Å². The number of hydrogen-bond acceptors (Lipinski definition) is 2. The molecule has 0 aromatic heterocycles. The summed E-state index contributed by atoms with van der Waals surface area (Å²) in [5.74, 6) is 2.31. The van der Waals surface area contributed by atoms with Crippen molar-refractivity contribution in [1.29, 1.82) is 0 Å². The average molecular weight is 240 g/mol. The van der Waals surface area contributed by atoms with Gasteiger partial charge in [0.15, 0.2) is 0 Å². The number of phenolic OH excluding ortho intramolecular Hbond substituents is 1. The molecule has 0 saturated carbocycles. The first-order valence-corrected chi connectivity index (χ1v) is 6.82. The summed E-state index contributed by atoms with van der Waals surface area (Å²) in [6.07, 6.45) is 1.85. The predicted octanol–water partition coefficient (Wildman–Crippen LogP) is 3.72. The Hall–Kier alpha value is -0.700. The molecule has 1 N–H and O–H groups in total. The van der Waals surface area contributed by atoms with E-state index in [1.807, 2.05) is 11.8 Å². The molecule has 1 saturated heterocycles. The summed E-state index contributed by atoms with van der Waals surface area (Å²) in [5, 5.41) is 9.40. The Bertz CT molecular complexity index is 359. The first-order chi connectivity index (χ1) is 7.60. The summed E-state index contributed by atoms with van der Waals surface area (Å²) < 4.78 is 14.8. The van der Waals surface area contributed by atoms with Gasteiger partial charge in [-0.3, -0.25) is 0 Å². The van der Waals surface area contributed by atoms with Crippen molar-refractivity contribution in [3.8, 4) is 5.75 Å². The summed E-state index contributed by atoms with van der Waals surface area (Å²) in [6.45, 7) is 1.64. The van der Waals surface area contributed by atoms with Gasteiger partial charge in [-0.25, -0.2) is 4.39 Å². The first-order valence-electron chi connectivity index (χ1n) is 5.67. The smallest absolute Gasteiger partial charge is 0.136 e. The molecule has 1 aromatic rings. The van der Waals surface area contributed by atoms with E-state index in [0.717, 1.165) is 24.3 Å². The van der Waals surface area contributed by atoms with Gasteiger partial charge in [-0.2, -0.15) is 11.8 Å². The number of benzene rings is 1. The van der Waals surface area contributed by atoms with Crippen molar-refractivity contribution in [2.24, 2.45) is 5.92 Å². The molecule has 0 radical (unpaired) electrons. The maximum absolute atomic E-state index is 14.8. The quantitative estimate of drug-likeness (QED) is 0.850. The van der Waals surface area contributed by atoms with Gasteiger partial charge in [0.2, 0.25) is 0 Å². The summed E-state index contributed by atoms with van der Waals surface area (Å²) >= 11 is 1.90. The van der Waals surface area contributed by atoms with Crippen LogP contribution in [0.1, 0.15) is 25.3 Å². The molecule has 1 atom stereocenters. The molecular weight excluding hydrogens is 223 g/mol. The molecule has 0 amide bonds. The van der Waals surface area contributed by atoms with Gasteiger partial charge in [0, 0.05) is 0 Å². The second kappa shape index (κ2) is 4.66. The van der Waals surface area contributed by atoms with Crippen LogP contribution in [-0.4, -0.2) is 16.6 Å². The zero-order valence-corrected chi connectivity index (χ0v) is 10.3. The molecule has 16 heavy (non-hydrogen) atoms. The third kappa shape index (κ3) is 2.34. The van der Waals surface area contributed by atoms with Crippen LogP contribution in [0.3, 0.4) is 0 Å². The second-order valence-corrected chi connectivity index (χ2v) is 5.74. The predicted molar refractivity (Wildman–Crippen MR) is 66.6 cm³/mol. The molecular formula is C13H17FOS. The van der Waals surface area contributed by atoms with E-state index in [1.165, 1.54) is 0 Å². The molecule has 1 heterocycles. The van der Waals surface area contributed by atoms with Gasteiger partial charge in [-0.05, 0) is 54.9 Å². The minimum absolute atomic E-state index is 0.0792. The molecule has 0 spiro atoms.